The molecule has 0 amide bonds. The Labute approximate surface area is 108 Å². The molecule has 3 fully saturated rings. The van der Waals surface area contributed by atoms with Gasteiger partial charge in [-0.1, -0.05) is 47.0 Å². The molecule has 7 atom stereocenters. The zero-order chi connectivity index (χ0) is 12.2. The minimum Gasteiger partial charge on any atom is -0.0654 e. The van der Waals surface area contributed by atoms with Crippen molar-refractivity contribution in [1.82, 2.24) is 0 Å². The summed E-state index contributed by atoms with van der Waals surface area (Å²) in [5.41, 5.74) is 0.876. The van der Waals surface area contributed by atoms with E-state index in [0.717, 1.165) is 40.9 Å². The van der Waals surface area contributed by atoms with Gasteiger partial charge in [0.2, 0.25) is 0 Å². The molecule has 0 heteroatoms. The van der Waals surface area contributed by atoms with E-state index in [9.17, 15) is 0 Å². The lowest BCUT2D eigenvalue weighted by molar-refractivity contribution is 0.155. The van der Waals surface area contributed by atoms with Crippen LogP contribution in [-0.4, -0.2) is 0 Å². The second-order valence-electron chi connectivity index (χ2n) is 7.67. The third-order valence-electron chi connectivity index (χ3n) is 6.78. The van der Waals surface area contributed by atoms with Crippen molar-refractivity contribution in [1.29, 1.82) is 0 Å². The summed E-state index contributed by atoms with van der Waals surface area (Å²) in [6, 6.07) is 0. The van der Waals surface area contributed by atoms with Gasteiger partial charge in [0.1, 0.15) is 0 Å². The third kappa shape index (κ3) is 1.70. The molecule has 0 saturated heterocycles. The van der Waals surface area contributed by atoms with Gasteiger partial charge in [0.25, 0.3) is 0 Å². The van der Waals surface area contributed by atoms with Crippen molar-refractivity contribution < 1.29 is 0 Å². The van der Waals surface area contributed by atoms with Crippen LogP contribution in [0.1, 0.15) is 66.2 Å². The Hall–Kier alpha value is 0. The first kappa shape index (κ1) is 12.1. The minimum absolute atomic E-state index is 0.876. The molecule has 3 aliphatic carbocycles. The normalized spacial score (nSPS) is 53.3. The summed E-state index contributed by atoms with van der Waals surface area (Å²) in [5.74, 6) is 6.50. The Morgan fingerprint density at radius 3 is 2.53 bits per heavy atom. The highest BCUT2D eigenvalue weighted by Crippen LogP contribution is 2.82. The molecule has 0 bridgehead atoms. The molecule has 17 heavy (non-hydrogen) atoms. The highest BCUT2D eigenvalue weighted by Gasteiger charge is 2.76. The van der Waals surface area contributed by atoms with E-state index in [-0.39, 0.29) is 0 Å². The van der Waals surface area contributed by atoms with Gasteiger partial charge < -0.3 is 0 Å². The van der Waals surface area contributed by atoms with Crippen LogP contribution in [0.2, 0.25) is 0 Å². The molecule has 0 aromatic carbocycles. The first-order chi connectivity index (χ1) is 8.11. The van der Waals surface area contributed by atoms with Gasteiger partial charge in [-0.2, -0.15) is 0 Å². The molecular weight excluding hydrogens is 204 g/mol. The Morgan fingerprint density at radius 2 is 2.00 bits per heavy atom. The predicted octanol–water partition coefficient (Wildman–Crippen LogP) is 5.13. The molecule has 0 nitrogen and oxygen atoms in total. The fraction of sp³-hybridized carbons (Fsp3) is 1.00. The van der Waals surface area contributed by atoms with Crippen LogP contribution in [0.4, 0.5) is 0 Å². The van der Waals surface area contributed by atoms with E-state index in [1.165, 1.54) is 25.7 Å². The zero-order valence-electron chi connectivity index (χ0n) is 12.2. The zero-order valence-corrected chi connectivity index (χ0v) is 12.2. The number of hydrogen-bond donors (Lipinski definition) is 0. The molecule has 3 saturated carbocycles. The first-order valence-corrected chi connectivity index (χ1v) is 8.11. The number of hydrogen-bond acceptors (Lipinski definition) is 0. The van der Waals surface area contributed by atoms with Crippen LogP contribution in [0.3, 0.4) is 0 Å². The van der Waals surface area contributed by atoms with Crippen LogP contribution >= 0.6 is 0 Å². The van der Waals surface area contributed by atoms with Crippen molar-refractivity contribution in [2.45, 2.75) is 66.2 Å². The van der Waals surface area contributed by atoms with E-state index in [1.807, 2.05) is 0 Å². The van der Waals surface area contributed by atoms with Crippen molar-refractivity contribution in [3.63, 3.8) is 0 Å². The van der Waals surface area contributed by atoms with Crippen molar-refractivity contribution in [2.75, 3.05) is 0 Å². The first-order valence-electron chi connectivity index (χ1n) is 8.11. The van der Waals surface area contributed by atoms with Gasteiger partial charge in [0.05, 0.1) is 0 Å². The molecule has 1 spiro atoms. The topological polar surface area (TPSA) is 0 Å². The van der Waals surface area contributed by atoms with Gasteiger partial charge in [-0.15, -0.1) is 0 Å². The van der Waals surface area contributed by atoms with Gasteiger partial charge in [-0.05, 0) is 60.2 Å². The Bertz CT molecular complexity index is 294. The maximum atomic E-state index is 2.55. The minimum atomic E-state index is 0.876. The summed E-state index contributed by atoms with van der Waals surface area (Å²) in [7, 11) is 0. The average molecular weight is 234 g/mol. The van der Waals surface area contributed by atoms with Gasteiger partial charge in [-0.25, -0.2) is 0 Å². The summed E-state index contributed by atoms with van der Waals surface area (Å²) in [6.07, 6.45) is 9.03. The fourth-order valence-electron chi connectivity index (χ4n) is 5.33. The molecule has 0 N–H and O–H groups in total. The van der Waals surface area contributed by atoms with Gasteiger partial charge in [-0.3, -0.25) is 0 Å². The molecule has 7 unspecified atom stereocenters. The highest BCUT2D eigenvalue weighted by atomic mass is 14.8. The lowest BCUT2D eigenvalue weighted by Crippen LogP contribution is -2.25. The lowest BCUT2D eigenvalue weighted by Gasteiger charge is -2.34. The van der Waals surface area contributed by atoms with E-state index in [4.69, 9.17) is 0 Å². The van der Waals surface area contributed by atoms with E-state index in [1.54, 1.807) is 12.8 Å². The summed E-state index contributed by atoms with van der Waals surface area (Å²) < 4.78 is 0. The quantitative estimate of drug-likeness (QED) is 0.618. The molecule has 0 aromatic heterocycles. The van der Waals surface area contributed by atoms with Crippen molar-refractivity contribution in [3.8, 4) is 0 Å². The molecule has 98 valence electrons. The smallest absolute Gasteiger partial charge is 0.0204 e. The monoisotopic (exact) mass is 234 g/mol. The SMILES string of the molecule is CCCC(C)CC1C(C)C12CC2C1CCC1C. The second kappa shape index (κ2) is 4.00. The van der Waals surface area contributed by atoms with E-state index < -0.39 is 0 Å². The van der Waals surface area contributed by atoms with Crippen molar-refractivity contribution in [2.24, 2.45) is 40.9 Å². The average Bonchev–Trinajstić information content (AvgIpc) is 3.10. The predicted molar refractivity (Wildman–Crippen MR) is 73.8 cm³/mol. The van der Waals surface area contributed by atoms with Crippen molar-refractivity contribution in [3.05, 3.63) is 0 Å². The third-order valence-corrected chi connectivity index (χ3v) is 6.78. The van der Waals surface area contributed by atoms with E-state index in [0.29, 0.717) is 0 Å². The fourth-order valence-corrected chi connectivity index (χ4v) is 5.33. The lowest BCUT2D eigenvalue weighted by atomic mass is 9.71. The standard InChI is InChI=1S/C17H30/c1-5-6-11(2)9-15-13(4)17(15)10-16(17)14-8-7-12(14)3/h11-16H,5-10H2,1-4H3. The van der Waals surface area contributed by atoms with Crippen LogP contribution in [0.5, 0.6) is 0 Å². The molecule has 0 radical (unpaired) electrons. The Kier molecular flexibility index (Phi) is 2.84. The van der Waals surface area contributed by atoms with Crippen molar-refractivity contribution >= 4 is 0 Å². The summed E-state index contributed by atoms with van der Waals surface area (Å²) in [5, 5.41) is 0. The molecule has 0 heterocycles. The molecular formula is C17H30. The summed E-state index contributed by atoms with van der Waals surface area (Å²) in [4.78, 5) is 0. The molecule has 3 aliphatic rings. The summed E-state index contributed by atoms with van der Waals surface area (Å²) >= 11 is 0. The maximum absolute atomic E-state index is 2.55. The van der Waals surface area contributed by atoms with E-state index in [2.05, 4.69) is 27.7 Å². The van der Waals surface area contributed by atoms with Gasteiger partial charge >= 0.3 is 0 Å². The molecule has 0 aliphatic heterocycles. The molecule has 3 rings (SSSR count). The van der Waals surface area contributed by atoms with Gasteiger partial charge in [0, 0.05) is 0 Å². The largest absolute Gasteiger partial charge is 0.0654 e. The van der Waals surface area contributed by atoms with Crippen LogP contribution in [0.15, 0.2) is 0 Å². The Morgan fingerprint density at radius 1 is 1.24 bits per heavy atom. The van der Waals surface area contributed by atoms with E-state index >= 15 is 0 Å². The highest BCUT2D eigenvalue weighted by molar-refractivity contribution is 5.24. The van der Waals surface area contributed by atoms with Crippen LogP contribution in [-0.2, 0) is 0 Å². The van der Waals surface area contributed by atoms with Crippen LogP contribution in [0, 0.1) is 40.9 Å². The second-order valence-corrected chi connectivity index (χ2v) is 7.67. The maximum Gasteiger partial charge on any atom is -0.0204 e. The van der Waals surface area contributed by atoms with Crippen LogP contribution in [0.25, 0.3) is 0 Å². The molecule has 0 aromatic rings. The summed E-state index contributed by atoms with van der Waals surface area (Å²) in [6.45, 7) is 9.85. The van der Waals surface area contributed by atoms with Gasteiger partial charge in [0.15, 0.2) is 0 Å². The Balaban J connectivity index is 1.53. The van der Waals surface area contributed by atoms with Crippen LogP contribution < -0.4 is 0 Å². The number of rotatable bonds is 5.